The highest BCUT2D eigenvalue weighted by atomic mass is 16.2. The first-order chi connectivity index (χ1) is 16.4. The number of nitrogens with zero attached hydrogens (tertiary/aromatic N) is 3. The van der Waals surface area contributed by atoms with E-state index in [1.807, 2.05) is 56.3 Å². The highest BCUT2D eigenvalue weighted by Crippen LogP contribution is 2.17. The number of aromatic amines is 1. The first kappa shape index (κ1) is 23.4. The Morgan fingerprint density at radius 3 is 2.47 bits per heavy atom. The molecule has 1 atom stereocenters. The maximum absolute atomic E-state index is 12.8. The first-order valence-electron chi connectivity index (χ1n) is 11.6. The lowest BCUT2D eigenvalue weighted by Gasteiger charge is -2.35. The van der Waals surface area contributed by atoms with Gasteiger partial charge in [0.15, 0.2) is 0 Å². The third kappa shape index (κ3) is 5.60. The van der Waals surface area contributed by atoms with Crippen molar-refractivity contribution in [3.05, 3.63) is 70.3 Å². The average molecular weight is 463 g/mol. The lowest BCUT2D eigenvalue weighted by Crippen LogP contribution is -2.51. The molecule has 4 rings (SSSR count). The molecule has 1 aromatic heterocycles. The molecule has 2 aromatic carbocycles. The van der Waals surface area contributed by atoms with Crippen LogP contribution in [0.1, 0.15) is 37.7 Å². The summed E-state index contributed by atoms with van der Waals surface area (Å²) in [6.45, 7) is 6.87. The van der Waals surface area contributed by atoms with Crippen molar-refractivity contribution in [2.75, 3.05) is 31.5 Å². The maximum Gasteiger partial charge on any atom is 0.317 e. The fourth-order valence-electron chi connectivity index (χ4n) is 3.99. The molecular weight excluding hydrogens is 432 g/mol. The van der Waals surface area contributed by atoms with Crippen molar-refractivity contribution in [3.63, 3.8) is 0 Å². The number of carbonyl (C=O) groups excluding carboxylic acids is 2. The zero-order chi connectivity index (χ0) is 24.1. The van der Waals surface area contributed by atoms with Crippen LogP contribution in [0.4, 0.5) is 10.5 Å². The SMILES string of the molecule is CCC(=O)Nc1ccc(C(C)NC(=O)N2CCN(Cc3nc4ccccc4c(=O)[nH]3)CC2)cc1. The number of H-pyrrole nitrogens is 1. The standard InChI is InChI=1S/C25H30N6O3/c1-3-23(32)27-19-10-8-18(9-11-19)17(2)26-25(34)31-14-12-30(13-15-31)16-22-28-21-7-5-4-6-20(21)24(33)29-22/h4-11,17H,3,12-16H2,1-2H3,(H,26,34)(H,27,32)(H,28,29,33). The largest absolute Gasteiger partial charge is 0.331 e. The molecule has 1 aliphatic rings. The van der Waals surface area contributed by atoms with Crippen LogP contribution < -0.4 is 16.2 Å². The topological polar surface area (TPSA) is 110 Å². The second-order valence-corrected chi connectivity index (χ2v) is 8.49. The molecule has 34 heavy (non-hydrogen) atoms. The van der Waals surface area contributed by atoms with Gasteiger partial charge in [-0.15, -0.1) is 0 Å². The van der Waals surface area contributed by atoms with Crippen LogP contribution in [-0.2, 0) is 11.3 Å². The molecule has 0 saturated carbocycles. The predicted octanol–water partition coefficient (Wildman–Crippen LogP) is 2.86. The van der Waals surface area contributed by atoms with Crippen molar-refractivity contribution in [1.29, 1.82) is 0 Å². The van der Waals surface area contributed by atoms with Crippen molar-refractivity contribution < 1.29 is 9.59 Å². The number of anilines is 1. The minimum absolute atomic E-state index is 0.0315. The molecule has 2 heterocycles. The Morgan fingerprint density at radius 1 is 1.06 bits per heavy atom. The second-order valence-electron chi connectivity index (χ2n) is 8.49. The summed E-state index contributed by atoms with van der Waals surface area (Å²) in [6, 6.07) is 14.5. The molecule has 0 radical (unpaired) electrons. The number of benzene rings is 2. The van der Waals surface area contributed by atoms with E-state index in [-0.39, 0.29) is 23.5 Å². The Labute approximate surface area is 198 Å². The number of para-hydroxylation sites is 1. The van der Waals surface area contributed by atoms with E-state index >= 15 is 0 Å². The van der Waals surface area contributed by atoms with Crippen molar-refractivity contribution in [3.8, 4) is 0 Å². The lowest BCUT2D eigenvalue weighted by molar-refractivity contribution is -0.115. The normalized spacial score (nSPS) is 15.2. The van der Waals surface area contributed by atoms with Gasteiger partial charge in [-0.25, -0.2) is 9.78 Å². The molecule has 3 amide bonds. The number of hydrogen-bond acceptors (Lipinski definition) is 5. The summed E-state index contributed by atoms with van der Waals surface area (Å²) in [5.41, 5.74) is 2.27. The quantitative estimate of drug-likeness (QED) is 0.522. The van der Waals surface area contributed by atoms with Gasteiger partial charge in [0.05, 0.1) is 23.5 Å². The van der Waals surface area contributed by atoms with E-state index in [0.29, 0.717) is 55.9 Å². The monoisotopic (exact) mass is 462 g/mol. The molecule has 3 aromatic rings. The number of aromatic nitrogens is 2. The van der Waals surface area contributed by atoms with E-state index in [9.17, 15) is 14.4 Å². The van der Waals surface area contributed by atoms with Crippen molar-refractivity contribution in [1.82, 2.24) is 25.1 Å². The number of fused-ring (bicyclic) bond motifs is 1. The zero-order valence-electron chi connectivity index (χ0n) is 19.5. The summed E-state index contributed by atoms with van der Waals surface area (Å²) in [5.74, 6) is 0.602. The number of urea groups is 1. The number of hydrogen-bond donors (Lipinski definition) is 3. The van der Waals surface area contributed by atoms with Crippen LogP contribution in [-0.4, -0.2) is 57.9 Å². The van der Waals surface area contributed by atoms with Gasteiger partial charge in [0.2, 0.25) is 5.91 Å². The van der Waals surface area contributed by atoms with Crippen molar-refractivity contribution in [2.45, 2.75) is 32.9 Å². The number of rotatable bonds is 6. The maximum atomic E-state index is 12.8. The molecule has 0 aliphatic carbocycles. The van der Waals surface area contributed by atoms with Gasteiger partial charge in [0.1, 0.15) is 5.82 Å². The van der Waals surface area contributed by atoms with Gasteiger partial charge in [-0.1, -0.05) is 31.2 Å². The van der Waals surface area contributed by atoms with Crippen molar-refractivity contribution >= 4 is 28.5 Å². The Kier molecular flexibility index (Phi) is 7.22. The van der Waals surface area contributed by atoms with Crippen molar-refractivity contribution in [2.24, 2.45) is 0 Å². The van der Waals surface area contributed by atoms with Crippen LogP contribution >= 0.6 is 0 Å². The van der Waals surface area contributed by atoms with E-state index < -0.39 is 0 Å². The summed E-state index contributed by atoms with van der Waals surface area (Å²) < 4.78 is 0. The van der Waals surface area contributed by atoms with Crippen LogP contribution in [0.15, 0.2) is 53.3 Å². The van der Waals surface area contributed by atoms with Gasteiger partial charge in [-0.05, 0) is 36.8 Å². The lowest BCUT2D eigenvalue weighted by atomic mass is 10.1. The molecule has 178 valence electrons. The summed E-state index contributed by atoms with van der Waals surface area (Å²) >= 11 is 0. The number of amides is 3. The number of carbonyl (C=O) groups is 2. The number of nitrogens with one attached hydrogen (secondary N) is 3. The molecule has 1 aliphatic heterocycles. The summed E-state index contributed by atoms with van der Waals surface area (Å²) in [7, 11) is 0. The highest BCUT2D eigenvalue weighted by Gasteiger charge is 2.23. The van der Waals surface area contributed by atoms with E-state index in [2.05, 4.69) is 25.5 Å². The third-order valence-electron chi connectivity index (χ3n) is 6.05. The molecule has 1 saturated heterocycles. The second kappa shape index (κ2) is 10.5. The number of piperazine rings is 1. The Morgan fingerprint density at radius 2 is 1.76 bits per heavy atom. The molecule has 9 heteroatoms. The predicted molar refractivity (Wildman–Crippen MR) is 132 cm³/mol. The van der Waals surface area contributed by atoms with Crippen LogP contribution in [0.5, 0.6) is 0 Å². The molecule has 1 unspecified atom stereocenters. The van der Waals surface area contributed by atoms with Gasteiger partial charge in [-0.2, -0.15) is 0 Å². The van der Waals surface area contributed by atoms with Gasteiger partial charge in [-0.3, -0.25) is 14.5 Å². The van der Waals surface area contributed by atoms with Crippen LogP contribution in [0.3, 0.4) is 0 Å². The molecule has 9 nitrogen and oxygen atoms in total. The highest BCUT2D eigenvalue weighted by molar-refractivity contribution is 5.90. The third-order valence-corrected chi connectivity index (χ3v) is 6.05. The zero-order valence-corrected chi connectivity index (χ0v) is 19.5. The summed E-state index contributed by atoms with van der Waals surface area (Å²) in [6.07, 6.45) is 0.429. The molecular formula is C25H30N6O3. The van der Waals surface area contributed by atoms with Crippen LogP contribution in [0, 0.1) is 0 Å². The van der Waals surface area contributed by atoms with E-state index in [4.69, 9.17) is 0 Å². The van der Waals surface area contributed by atoms with E-state index in [1.54, 1.807) is 11.0 Å². The van der Waals surface area contributed by atoms with E-state index in [0.717, 1.165) is 11.3 Å². The van der Waals surface area contributed by atoms with Gasteiger partial charge >= 0.3 is 6.03 Å². The van der Waals surface area contributed by atoms with Gasteiger partial charge in [0.25, 0.3) is 5.56 Å². The molecule has 1 fully saturated rings. The minimum Gasteiger partial charge on any atom is -0.331 e. The fraction of sp³-hybridized carbons (Fsp3) is 0.360. The Hall–Kier alpha value is -3.72. The molecule has 0 bridgehead atoms. The van der Waals surface area contributed by atoms with Gasteiger partial charge < -0.3 is 20.5 Å². The van der Waals surface area contributed by atoms with Crippen LogP contribution in [0.2, 0.25) is 0 Å². The minimum atomic E-state index is -0.159. The van der Waals surface area contributed by atoms with Gasteiger partial charge in [0, 0.05) is 38.3 Å². The Balaban J connectivity index is 1.28. The molecule has 0 spiro atoms. The summed E-state index contributed by atoms with van der Waals surface area (Å²) in [4.78, 5) is 48.0. The van der Waals surface area contributed by atoms with Crippen LogP contribution in [0.25, 0.3) is 10.9 Å². The average Bonchev–Trinajstić information content (AvgIpc) is 2.85. The van der Waals surface area contributed by atoms with E-state index in [1.165, 1.54) is 0 Å². The fourth-order valence-corrected chi connectivity index (χ4v) is 3.99. The molecule has 3 N–H and O–H groups in total. The Bertz CT molecular complexity index is 1220. The summed E-state index contributed by atoms with van der Waals surface area (Å²) in [5, 5.41) is 6.46. The smallest absolute Gasteiger partial charge is 0.317 e. The first-order valence-corrected chi connectivity index (χ1v) is 11.6.